The minimum absolute atomic E-state index is 0.0793. The Balaban J connectivity index is 2.39. The molecule has 0 bridgehead atoms. The van der Waals surface area contributed by atoms with Crippen molar-refractivity contribution in [2.75, 3.05) is 18.0 Å². The van der Waals surface area contributed by atoms with E-state index in [9.17, 15) is 14.3 Å². The quantitative estimate of drug-likeness (QED) is 0.795. The second kappa shape index (κ2) is 4.71. The number of halogens is 1. The van der Waals surface area contributed by atoms with Gasteiger partial charge in [-0.05, 0) is 19.1 Å². The fraction of sp³-hybridized carbons (Fsp3) is 0.417. The number of rotatable bonds is 2. The molecule has 1 heterocycles. The molecule has 1 aromatic rings. The third-order valence-corrected chi connectivity index (χ3v) is 3.06. The van der Waals surface area contributed by atoms with Crippen molar-refractivity contribution in [2.24, 2.45) is 0 Å². The maximum Gasteiger partial charge on any atom is 0.242 e. The van der Waals surface area contributed by atoms with E-state index in [1.807, 2.05) is 4.90 Å². The molecule has 0 aromatic heterocycles. The summed E-state index contributed by atoms with van der Waals surface area (Å²) in [4.78, 5) is 13.4. The van der Waals surface area contributed by atoms with Crippen molar-refractivity contribution in [1.29, 1.82) is 0 Å². The molecular formula is C12H15FN2O2. The topological polar surface area (TPSA) is 52.6 Å². The SMILES string of the molecule is CC1C(=O)NCCN1c1cccc(F)c1CO. The lowest BCUT2D eigenvalue weighted by Gasteiger charge is -2.35. The molecule has 0 radical (unpaired) electrons. The Labute approximate surface area is 99.0 Å². The molecule has 2 rings (SSSR count). The zero-order chi connectivity index (χ0) is 12.4. The van der Waals surface area contributed by atoms with Gasteiger partial charge in [0.05, 0.1) is 6.61 Å². The minimum atomic E-state index is -0.441. The molecule has 0 spiro atoms. The summed E-state index contributed by atoms with van der Waals surface area (Å²) < 4.78 is 13.5. The van der Waals surface area contributed by atoms with Gasteiger partial charge in [-0.25, -0.2) is 4.39 Å². The van der Waals surface area contributed by atoms with Crippen LogP contribution >= 0.6 is 0 Å². The lowest BCUT2D eigenvalue weighted by molar-refractivity contribution is -0.122. The van der Waals surface area contributed by atoms with Crippen LogP contribution in [0.3, 0.4) is 0 Å². The number of amides is 1. The van der Waals surface area contributed by atoms with E-state index in [4.69, 9.17) is 0 Å². The first-order chi connectivity index (χ1) is 8.15. The molecule has 1 amide bonds. The van der Waals surface area contributed by atoms with Gasteiger partial charge in [-0.3, -0.25) is 4.79 Å². The first kappa shape index (κ1) is 11.9. The molecule has 5 heteroatoms. The fourth-order valence-corrected chi connectivity index (χ4v) is 2.08. The molecule has 2 N–H and O–H groups in total. The number of carbonyl (C=O) groups is 1. The maximum atomic E-state index is 13.5. The molecular weight excluding hydrogens is 223 g/mol. The Morgan fingerprint density at radius 2 is 2.35 bits per heavy atom. The fourth-order valence-electron chi connectivity index (χ4n) is 2.08. The smallest absolute Gasteiger partial charge is 0.242 e. The van der Waals surface area contributed by atoms with Crippen LogP contribution in [0.15, 0.2) is 18.2 Å². The molecule has 1 unspecified atom stereocenters. The summed E-state index contributed by atoms with van der Waals surface area (Å²) in [5.41, 5.74) is 0.837. The van der Waals surface area contributed by atoms with Gasteiger partial charge < -0.3 is 15.3 Å². The summed E-state index contributed by atoms with van der Waals surface area (Å²) in [6.07, 6.45) is 0. The first-order valence-corrected chi connectivity index (χ1v) is 5.57. The Kier molecular flexibility index (Phi) is 3.28. The van der Waals surface area contributed by atoms with E-state index in [-0.39, 0.29) is 24.1 Å². The third-order valence-electron chi connectivity index (χ3n) is 3.06. The van der Waals surface area contributed by atoms with Crippen LogP contribution in [-0.2, 0) is 11.4 Å². The van der Waals surface area contributed by atoms with Crippen LogP contribution < -0.4 is 10.2 Å². The summed E-state index contributed by atoms with van der Waals surface area (Å²) in [5, 5.41) is 12.0. The molecule has 1 saturated heterocycles. The number of piperazine rings is 1. The van der Waals surface area contributed by atoms with Crippen LogP contribution in [0.1, 0.15) is 12.5 Å². The van der Waals surface area contributed by atoms with Crippen LogP contribution in [0.4, 0.5) is 10.1 Å². The Bertz CT molecular complexity index is 437. The van der Waals surface area contributed by atoms with Gasteiger partial charge in [-0.1, -0.05) is 6.07 Å². The molecule has 1 aliphatic rings. The van der Waals surface area contributed by atoms with Gasteiger partial charge in [0, 0.05) is 24.3 Å². The average molecular weight is 238 g/mol. The van der Waals surface area contributed by atoms with Crippen LogP contribution in [0, 0.1) is 5.82 Å². The second-order valence-electron chi connectivity index (χ2n) is 4.06. The molecule has 4 nitrogen and oxygen atoms in total. The van der Waals surface area contributed by atoms with Gasteiger partial charge >= 0.3 is 0 Å². The highest BCUT2D eigenvalue weighted by Crippen LogP contribution is 2.25. The monoisotopic (exact) mass is 238 g/mol. The van der Waals surface area contributed by atoms with Gasteiger partial charge in [0.2, 0.25) is 5.91 Å². The van der Waals surface area contributed by atoms with Gasteiger partial charge in [-0.2, -0.15) is 0 Å². The number of aliphatic hydroxyl groups excluding tert-OH is 1. The predicted molar refractivity (Wildman–Crippen MR) is 62.1 cm³/mol. The minimum Gasteiger partial charge on any atom is -0.391 e. The zero-order valence-electron chi connectivity index (χ0n) is 9.61. The number of nitrogens with one attached hydrogen (secondary N) is 1. The Morgan fingerprint density at radius 1 is 1.59 bits per heavy atom. The van der Waals surface area contributed by atoms with Crippen molar-refractivity contribution < 1.29 is 14.3 Å². The van der Waals surface area contributed by atoms with E-state index in [0.29, 0.717) is 18.8 Å². The van der Waals surface area contributed by atoms with Crippen LogP contribution in [-0.4, -0.2) is 30.1 Å². The Hall–Kier alpha value is -1.62. The van der Waals surface area contributed by atoms with Gasteiger partial charge in [0.15, 0.2) is 0 Å². The van der Waals surface area contributed by atoms with Crippen LogP contribution in [0.2, 0.25) is 0 Å². The zero-order valence-corrected chi connectivity index (χ0v) is 9.61. The normalized spacial score (nSPS) is 20.3. The molecule has 1 aliphatic heterocycles. The summed E-state index contributed by atoms with van der Waals surface area (Å²) in [7, 11) is 0. The van der Waals surface area contributed by atoms with Crippen molar-refractivity contribution in [2.45, 2.75) is 19.6 Å². The van der Waals surface area contributed by atoms with E-state index in [1.54, 1.807) is 19.1 Å². The summed E-state index contributed by atoms with van der Waals surface area (Å²) >= 11 is 0. The highest BCUT2D eigenvalue weighted by Gasteiger charge is 2.27. The number of anilines is 1. The summed E-state index contributed by atoms with van der Waals surface area (Å²) in [6, 6.07) is 4.27. The van der Waals surface area contributed by atoms with Crippen molar-refractivity contribution in [3.05, 3.63) is 29.6 Å². The van der Waals surface area contributed by atoms with E-state index >= 15 is 0 Å². The molecule has 1 fully saturated rings. The van der Waals surface area contributed by atoms with E-state index in [1.165, 1.54) is 6.07 Å². The highest BCUT2D eigenvalue weighted by atomic mass is 19.1. The number of benzene rings is 1. The standard InChI is InChI=1S/C12H15FN2O2/c1-8-12(17)14-5-6-15(8)11-4-2-3-10(13)9(11)7-16/h2-4,8,16H,5-7H2,1H3,(H,14,17). The van der Waals surface area contributed by atoms with E-state index in [2.05, 4.69) is 5.32 Å². The predicted octanol–water partition coefficient (Wildman–Crippen LogP) is 0.643. The van der Waals surface area contributed by atoms with E-state index in [0.717, 1.165) is 0 Å². The number of nitrogens with zero attached hydrogens (tertiary/aromatic N) is 1. The molecule has 17 heavy (non-hydrogen) atoms. The number of hydrogen-bond acceptors (Lipinski definition) is 3. The van der Waals surface area contributed by atoms with Gasteiger partial charge in [-0.15, -0.1) is 0 Å². The molecule has 0 aliphatic carbocycles. The molecule has 92 valence electrons. The lowest BCUT2D eigenvalue weighted by atomic mass is 10.1. The first-order valence-electron chi connectivity index (χ1n) is 5.57. The number of aliphatic hydroxyl groups is 1. The Morgan fingerprint density at radius 3 is 3.06 bits per heavy atom. The molecule has 1 aromatic carbocycles. The van der Waals surface area contributed by atoms with Crippen molar-refractivity contribution in [1.82, 2.24) is 5.32 Å². The molecule has 0 saturated carbocycles. The largest absolute Gasteiger partial charge is 0.391 e. The third kappa shape index (κ3) is 2.10. The maximum absolute atomic E-state index is 13.5. The molecule has 1 atom stereocenters. The lowest BCUT2D eigenvalue weighted by Crippen LogP contribution is -2.54. The highest BCUT2D eigenvalue weighted by molar-refractivity contribution is 5.86. The number of hydrogen-bond donors (Lipinski definition) is 2. The van der Waals surface area contributed by atoms with Crippen molar-refractivity contribution >= 4 is 11.6 Å². The van der Waals surface area contributed by atoms with Crippen molar-refractivity contribution in [3.63, 3.8) is 0 Å². The van der Waals surface area contributed by atoms with Gasteiger partial charge in [0.25, 0.3) is 0 Å². The van der Waals surface area contributed by atoms with Crippen LogP contribution in [0.25, 0.3) is 0 Å². The van der Waals surface area contributed by atoms with E-state index < -0.39 is 5.82 Å². The second-order valence-corrected chi connectivity index (χ2v) is 4.06. The number of carbonyl (C=O) groups excluding carboxylic acids is 1. The van der Waals surface area contributed by atoms with Crippen LogP contribution in [0.5, 0.6) is 0 Å². The average Bonchev–Trinajstić information content (AvgIpc) is 2.32. The van der Waals surface area contributed by atoms with Crippen molar-refractivity contribution in [3.8, 4) is 0 Å². The van der Waals surface area contributed by atoms with Gasteiger partial charge in [0.1, 0.15) is 11.9 Å². The summed E-state index contributed by atoms with van der Waals surface area (Å²) in [6.45, 7) is 2.54. The summed E-state index contributed by atoms with van der Waals surface area (Å²) in [5.74, 6) is -0.521.